The predicted molar refractivity (Wildman–Crippen MR) is 75.5 cm³/mol. The summed E-state index contributed by atoms with van der Waals surface area (Å²) in [6.07, 6.45) is 4.46. The number of nitrogens with one attached hydrogen (secondary N) is 1. The first kappa shape index (κ1) is 15.8. The molecule has 6 nitrogen and oxygen atoms in total. The molecule has 0 spiro atoms. The van der Waals surface area contributed by atoms with Gasteiger partial charge in [-0.3, -0.25) is 0 Å². The maximum atomic E-state index is 12.3. The van der Waals surface area contributed by atoms with Gasteiger partial charge in [-0.25, -0.2) is 18.4 Å². The molecule has 1 aromatic heterocycles. The van der Waals surface area contributed by atoms with Crippen LogP contribution in [0, 0.1) is 0 Å². The highest BCUT2D eigenvalue weighted by Crippen LogP contribution is 2.14. The first-order valence-electron chi connectivity index (χ1n) is 6.62. The molecule has 1 heterocycles. The van der Waals surface area contributed by atoms with Crippen molar-refractivity contribution in [3.8, 4) is 0 Å². The molecule has 1 N–H and O–H groups in total. The van der Waals surface area contributed by atoms with Crippen molar-refractivity contribution >= 4 is 16.0 Å². The van der Waals surface area contributed by atoms with Gasteiger partial charge in [-0.15, -0.1) is 0 Å². The van der Waals surface area contributed by atoms with E-state index in [1.54, 1.807) is 0 Å². The highest BCUT2D eigenvalue weighted by Gasteiger charge is 2.22. The smallest absolute Gasteiger partial charge is 0.246 e. The third-order valence-corrected chi connectivity index (χ3v) is 4.55. The normalized spacial score (nSPS) is 11.8. The molecule has 0 unspecified atom stereocenters. The van der Waals surface area contributed by atoms with Crippen LogP contribution in [0.2, 0.25) is 0 Å². The van der Waals surface area contributed by atoms with Crippen molar-refractivity contribution in [3.63, 3.8) is 0 Å². The third-order valence-electron chi connectivity index (χ3n) is 2.62. The Labute approximate surface area is 115 Å². The van der Waals surface area contributed by atoms with Crippen LogP contribution in [-0.2, 0) is 10.0 Å². The fourth-order valence-electron chi connectivity index (χ4n) is 1.62. The average Bonchev–Trinajstić information content (AvgIpc) is 2.42. The Balaban J connectivity index is 2.89. The van der Waals surface area contributed by atoms with Crippen LogP contribution in [0.25, 0.3) is 0 Å². The molecule has 0 saturated heterocycles. The summed E-state index contributed by atoms with van der Waals surface area (Å²) in [4.78, 5) is 8.21. The van der Waals surface area contributed by atoms with Crippen LogP contribution in [0.15, 0.2) is 17.3 Å². The number of nitrogens with zero attached hydrogens (tertiary/aromatic N) is 3. The molecular formula is C12H22N4O2S. The van der Waals surface area contributed by atoms with Crippen molar-refractivity contribution < 1.29 is 8.42 Å². The maximum Gasteiger partial charge on any atom is 0.246 e. The monoisotopic (exact) mass is 286 g/mol. The Morgan fingerprint density at radius 2 is 1.79 bits per heavy atom. The second-order valence-electron chi connectivity index (χ2n) is 4.17. The summed E-state index contributed by atoms with van der Waals surface area (Å²) in [5.41, 5.74) is 0. The largest absolute Gasteiger partial charge is 0.354 e. The van der Waals surface area contributed by atoms with Gasteiger partial charge in [0.1, 0.15) is 4.90 Å². The second kappa shape index (κ2) is 7.40. The van der Waals surface area contributed by atoms with E-state index >= 15 is 0 Å². The van der Waals surface area contributed by atoms with Gasteiger partial charge < -0.3 is 5.32 Å². The summed E-state index contributed by atoms with van der Waals surface area (Å²) in [7, 11) is -3.47. The summed E-state index contributed by atoms with van der Waals surface area (Å²) in [6, 6.07) is 0. The van der Waals surface area contributed by atoms with E-state index in [0.29, 0.717) is 19.0 Å². The quantitative estimate of drug-likeness (QED) is 0.787. The predicted octanol–water partition coefficient (Wildman–Crippen LogP) is 1.72. The van der Waals surface area contributed by atoms with Gasteiger partial charge in [-0.1, -0.05) is 20.8 Å². The van der Waals surface area contributed by atoms with Gasteiger partial charge in [0.2, 0.25) is 16.0 Å². The van der Waals surface area contributed by atoms with E-state index in [1.807, 2.05) is 20.8 Å². The lowest BCUT2D eigenvalue weighted by molar-refractivity contribution is 0.426. The van der Waals surface area contributed by atoms with Crippen LogP contribution in [0.1, 0.15) is 33.6 Å². The molecule has 0 radical (unpaired) electrons. The van der Waals surface area contributed by atoms with Crippen molar-refractivity contribution in [3.05, 3.63) is 12.4 Å². The Kier molecular flexibility index (Phi) is 6.17. The summed E-state index contributed by atoms with van der Waals surface area (Å²) in [6.45, 7) is 7.54. The fourth-order valence-corrected chi connectivity index (χ4v) is 3.06. The number of hydrogen-bond acceptors (Lipinski definition) is 5. The van der Waals surface area contributed by atoms with Gasteiger partial charge in [0.15, 0.2) is 0 Å². The average molecular weight is 286 g/mol. The first-order chi connectivity index (χ1) is 9.06. The summed E-state index contributed by atoms with van der Waals surface area (Å²) in [5, 5.41) is 3.01. The van der Waals surface area contributed by atoms with Crippen molar-refractivity contribution in [1.29, 1.82) is 0 Å². The molecule has 0 aliphatic rings. The minimum absolute atomic E-state index is 0.143. The van der Waals surface area contributed by atoms with Crippen LogP contribution >= 0.6 is 0 Å². The summed E-state index contributed by atoms with van der Waals surface area (Å²) >= 11 is 0. The molecule has 0 bridgehead atoms. The van der Waals surface area contributed by atoms with Crippen LogP contribution in [0.5, 0.6) is 0 Å². The second-order valence-corrected chi connectivity index (χ2v) is 6.10. The van der Waals surface area contributed by atoms with E-state index in [2.05, 4.69) is 15.3 Å². The number of anilines is 1. The van der Waals surface area contributed by atoms with Crippen LogP contribution in [0.4, 0.5) is 5.95 Å². The Morgan fingerprint density at radius 1 is 1.16 bits per heavy atom. The molecule has 1 rings (SSSR count). The zero-order chi connectivity index (χ0) is 14.3. The lowest BCUT2D eigenvalue weighted by atomic mass is 10.5. The molecular weight excluding hydrogens is 264 g/mol. The first-order valence-corrected chi connectivity index (χ1v) is 8.06. The molecule has 0 fully saturated rings. The molecule has 0 aliphatic heterocycles. The van der Waals surface area contributed by atoms with Gasteiger partial charge in [-0.05, 0) is 12.8 Å². The van der Waals surface area contributed by atoms with Gasteiger partial charge in [0.05, 0.1) is 12.4 Å². The SMILES string of the molecule is CCCNc1ncc(S(=O)(=O)N(CC)CCC)cn1. The molecule has 0 saturated carbocycles. The van der Waals surface area contributed by atoms with Crippen LogP contribution in [-0.4, -0.2) is 42.3 Å². The summed E-state index contributed by atoms with van der Waals surface area (Å²) in [5.74, 6) is 0.458. The zero-order valence-corrected chi connectivity index (χ0v) is 12.6. The molecule has 19 heavy (non-hydrogen) atoms. The molecule has 0 amide bonds. The van der Waals surface area contributed by atoms with Crippen LogP contribution < -0.4 is 5.32 Å². The standard InChI is InChI=1S/C12H22N4O2S/c1-4-7-13-12-14-9-11(10-15-12)19(17,18)16(6-3)8-5-2/h9-10H,4-8H2,1-3H3,(H,13,14,15). The topological polar surface area (TPSA) is 75.2 Å². The minimum Gasteiger partial charge on any atom is -0.354 e. The van der Waals surface area contributed by atoms with Gasteiger partial charge >= 0.3 is 0 Å². The van der Waals surface area contributed by atoms with Crippen molar-refractivity contribution in [2.45, 2.75) is 38.5 Å². The van der Waals surface area contributed by atoms with E-state index in [9.17, 15) is 8.42 Å². The number of hydrogen-bond donors (Lipinski definition) is 1. The number of sulfonamides is 1. The maximum absolute atomic E-state index is 12.3. The minimum atomic E-state index is -3.47. The van der Waals surface area contributed by atoms with Gasteiger partial charge in [0.25, 0.3) is 0 Å². The zero-order valence-electron chi connectivity index (χ0n) is 11.8. The van der Waals surface area contributed by atoms with E-state index in [1.165, 1.54) is 16.7 Å². The molecule has 0 aromatic carbocycles. The Bertz CT molecular complexity index is 473. The lowest BCUT2D eigenvalue weighted by Crippen LogP contribution is -2.31. The van der Waals surface area contributed by atoms with E-state index in [0.717, 1.165) is 19.4 Å². The van der Waals surface area contributed by atoms with E-state index < -0.39 is 10.0 Å². The molecule has 7 heteroatoms. The Morgan fingerprint density at radius 3 is 2.26 bits per heavy atom. The molecule has 1 aromatic rings. The van der Waals surface area contributed by atoms with Crippen molar-refractivity contribution in [2.75, 3.05) is 25.0 Å². The molecule has 0 atom stereocenters. The van der Waals surface area contributed by atoms with Gasteiger partial charge in [-0.2, -0.15) is 4.31 Å². The molecule has 0 aliphatic carbocycles. The van der Waals surface area contributed by atoms with Crippen molar-refractivity contribution in [2.24, 2.45) is 0 Å². The number of rotatable bonds is 8. The van der Waals surface area contributed by atoms with Crippen molar-refractivity contribution in [1.82, 2.24) is 14.3 Å². The molecule has 108 valence electrons. The van der Waals surface area contributed by atoms with E-state index in [4.69, 9.17) is 0 Å². The van der Waals surface area contributed by atoms with Gasteiger partial charge in [0, 0.05) is 19.6 Å². The fraction of sp³-hybridized carbons (Fsp3) is 0.667. The highest BCUT2D eigenvalue weighted by molar-refractivity contribution is 7.89. The third kappa shape index (κ3) is 4.14. The Hall–Kier alpha value is -1.21. The lowest BCUT2D eigenvalue weighted by Gasteiger charge is -2.19. The van der Waals surface area contributed by atoms with E-state index in [-0.39, 0.29) is 4.90 Å². The van der Waals surface area contributed by atoms with Crippen LogP contribution in [0.3, 0.4) is 0 Å². The number of aromatic nitrogens is 2. The summed E-state index contributed by atoms with van der Waals surface area (Å²) < 4.78 is 26.0. The highest BCUT2D eigenvalue weighted by atomic mass is 32.2.